The molecule has 0 unspecified atom stereocenters. The first kappa shape index (κ1) is 18.6. The molecule has 26 heavy (non-hydrogen) atoms. The molecule has 2 N–H and O–H groups in total. The van der Waals surface area contributed by atoms with Crippen LogP contribution < -0.4 is 4.74 Å². The highest BCUT2D eigenvalue weighted by Gasteiger charge is 2.61. The number of aliphatic hydroxyl groups excluding tert-OH is 1. The molecule has 0 bridgehead atoms. The number of hydrogen-bond donors (Lipinski definition) is 2. The molecule has 1 spiro atoms. The van der Waals surface area contributed by atoms with Gasteiger partial charge in [0.15, 0.2) is 17.8 Å². The number of fused-ring (bicyclic) bond motifs is 2. The van der Waals surface area contributed by atoms with Gasteiger partial charge in [-0.15, -0.1) is 0 Å². The van der Waals surface area contributed by atoms with Gasteiger partial charge >= 0.3 is 5.97 Å². The van der Waals surface area contributed by atoms with E-state index in [1.807, 2.05) is 13.8 Å². The van der Waals surface area contributed by atoms with Crippen LogP contribution in [0.2, 0.25) is 0 Å². The van der Waals surface area contributed by atoms with E-state index in [9.17, 15) is 24.6 Å². The van der Waals surface area contributed by atoms with Crippen molar-refractivity contribution in [1.29, 1.82) is 0 Å². The Kier molecular flexibility index (Phi) is 4.43. The average Bonchev–Trinajstić information content (AvgIpc) is 2.88. The number of rotatable bonds is 4. The molecule has 3 rings (SSSR count). The van der Waals surface area contributed by atoms with Gasteiger partial charge in [0.25, 0.3) is 0 Å². The van der Waals surface area contributed by atoms with Crippen LogP contribution in [-0.2, 0) is 15.0 Å². The van der Waals surface area contributed by atoms with Crippen LogP contribution in [-0.4, -0.2) is 35.4 Å². The number of phenolic OH excluding ortho intramolecular Hbond substituents is 1. The van der Waals surface area contributed by atoms with Gasteiger partial charge < -0.3 is 19.7 Å². The Morgan fingerprint density at radius 1 is 1.35 bits per heavy atom. The van der Waals surface area contributed by atoms with Gasteiger partial charge in [0, 0.05) is 35.1 Å². The summed E-state index contributed by atoms with van der Waals surface area (Å²) in [6.45, 7) is 5.33. The first-order valence-corrected chi connectivity index (χ1v) is 8.88. The molecule has 3 atom stereocenters. The monoisotopic (exact) mass is 360 g/mol. The molecule has 0 radical (unpaired) electrons. The number of aldehydes is 2. The quantitative estimate of drug-likeness (QED) is 0.486. The predicted octanol–water partition coefficient (Wildman–Crippen LogP) is 2.48. The van der Waals surface area contributed by atoms with Crippen molar-refractivity contribution in [3.63, 3.8) is 0 Å². The highest BCUT2D eigenvalue weighted by molar-refractivity contribution is 5.99. The van der Waals surface area contributed by atoms with E-state index < -0.39 is 28.6 Å². The molecule has 1 aromatic carbocycles. The first-order valence-electron chi connectivity index (χ1n) is 8.88. The molecular weight excluding hydrogens is 336 g/mol. The third kappa shape index (κ3) is 2.31. The Morgan fingerprint density at radius 3 is 2.62 bits per heavy atom. The van der Waals surface area contributed by atoms with E-state index in [0.29, 0.717) is 30.3 Å². The van der Waals surface area contributed by atoms with Crippen LogP contribution in [0.25, 0.3) is 0 Å². The molecule has 1 heterocycles. The number of benzene rings is 1. The second-order valence-corrected chi connectivity index (χ2v) is 8.13. The molecule has 1 aromatic rings. The number of carbonyl (C=O) groups excluding carboxylic acids is 3. The molecule has 0 aromatic heterocycles. The van der Waals surface area contributed by atoms with E-state index in [0.717, 1.165) is 12.7 Å². The van der Waals surface area contributed by atoms with Gasteiger partial charge in [0.2, 0.25) is 0 Å². The minimum Gasteiger partial charge on any atom is -0.504 e. The van der Waals surface area contributed by atoms with Crippen LogP contribution in [0.5, 0.6) is 11.5 Å². The summed E-state index contributed by atoms with van der Waals surface area (Å²) in [6.07, 6.45) is 3.29. The highest BCUT2D eigenvalue weighted by Crippen LogP contribution is 2.60. The van der Waals surface area contributed by atoms with Crippen molar-refractivity contribution in [2.45, 2.75) is 51.4 Å². The van der Waals surface area contributed by atoms with Crippen molar-refractivity contribution in [3.8, 4) is 11.5 Å². The molecular formula is C20H24O6. The maximum Gasteiger partial charge on any atom is 0.323 e. The predicted molar refractivity (Wildman–Crippen MR) is 93.5 cm³/mol. The zero-order valence-corrected chi connectivity index (χ0v) is 15.2. The molecule has 1 aliphatic heterocycles. The van der Waals surface area contributed by atoms with Crippen molar-refractivity contribution >= 4 is 18.5 Å². The Hall–Kier alpha value is -2.21. The fraction of sp³-hybridized carbons (Fsp3) is 0.550. The molecule has 1 aliphatic carbocycles. The van der Waals surface area contributed by atoms with E-state index in [1.165, 1.54) is 6.07 Å². The summed E-state index contributed by atoms with van der Waals surface area (Å²) in [5, 5.41) is 20.1. The van der Waals surface area contributed by atoms with Crippen LogP contribution >= 0.6 is 0 Å². The van der Waals surface area contributed by atoms with Crippen LogP contribution in [0.1, 0.15) is 67.4 Å². The average molecular weight is 360 g/mol. The van der Waals surface area contributed by atoms with Crippen LogP contribution in [0, 0.1) is 11.3 Å². The number of hydrogen-bond acceptors (Lipinski definition) is 6. The lowest BCUT2D eigenvalue weighted by molar-refractivity contribution is -0.147. The van der Waals surface area contributed by atoms with E-state index >= 15 is 0 Å². The van der Waals surface area contributed by atoms with Gasteiger partial charge in [-0.1, -0.05) is 27.2 Å². The number of ether oxygens (including phenoxy) is 1. The van der Waals surface area contributed by atoms with Crippen molar-refractivity contribution in [1.82, 2.24) is 0 Å². The minimum absolute atomic E-state index is 0.0422. The van der Waals surface area contributed by atoms with Crippen molar-refractivity contribution in [2.75, 3.05) is 6.61 Å². The number of phenols is 1. The lowest BCUT2D eigenvalue weighted by Crippen LogP contribution is -2.51. The molecule has 6 nitrogen and oxygen atoms in total. The maximum atomic E-state index is 13.0. The van der Waals surface area contributed by atoms with Crippen LogP contribution in [0.4, 0.5) is 0 Å². The second kappa shape index (κ2) is 6.20. The van der Waals surface area contributed by atoms with Gasteiger partial charge in [-0.05, 0) is 24.3 Å². The van der Waals surface area contributed by atoms with Crippen LogP contribution in [0.3, 0.4) is 0 Å². The summed E-state index contributed by atoms with van der Waals surface area (Å²) in [5.74, 6) is -1.97. The van der Waals surface area contributed by atoms with E-state index in [-0.39, 0.29) is 23.7 Å². The maximum absolute atomic E-state index is 13.0. The minimum atomic E-state index is -1.26. The van der Waals surface area contributed by atoms with Gasteiger partial charge in [-0.3, -0.25) is 9.59 Å². The van der Waals surface area contributed by atoms with Gasteiger partial charge in [0.1, 0.15) is 11.7 Å². The van der Waals surface area contributed by atoms with Crippen LogP contribution in [0.15, 0.2) is 6.07 Å². The van der Waals surface area contributed by atoms with E-state index in [1.54, 1.807) is 6.92 Å². The Morgan fingerprint density at radius 2 is 2.04 bits per heavy atom. The molecule has 6 heteroatoms. The zero-order chi connectivity index (χ0) is 19.3. The molecule has 2 aliphatic rings. The molecule has 1 saturated carbocycles. The van der Waals surface area contributed by atoms with E-state index in [4.69, 9.17) is 4.74 Å². The molecule has 0 saturated heterocycles. The van der Waals surface area contributed by atoms with Crippen molar-refractivity contribution < 1.29 is 29.3 Å². The third-order valence-electron chi connectivity index (χ3n) is 6.15. The smallest absolute Gasteiger partial charge is 0.323 e. The van der Waals surface area contributed by atoms with Gasteiger partial charge in [0.05, 0.1) is 0 Å². The summed E-state index contributed by atoms with van der Waals surface area (Å²) in [5.41, 5.74) is -0.811. The lowest BCUT2D eigenvalue weighted by atomic mass is 9.54. The molecule has 140 valence electrons. The SMILES string of the molecule is C[C@H](CO)c1cc(C=O)c2c(c1O)OC(=O)[C@@]21CCCC(C)(C)[C@@H]1C=O. The third-order valence-corrected chi connectivity index (χ3v) is 6.15. The zero-order valence-electron chi connectivity index (χ0n) is 15.2. The molecule has 1 fully saturated rings. The summed E-state index contributed by atoms with van der Waals surface area (Å²) < 4.78 is 5.45. The standard InChI is InChI=1S/C20H24O6/c1-11(8-21)13-7-12(9-22)15-17(16(13)24)26-18(25)20(15)6-4-5-19(2,3)14(20)10-23/h7,9-11,14,21,24H,4-6,8H2,1-3H3/t11-,14+,20-/m1/s1. The Bertz CT molecular complexity index is 781. The van der Waals surface area contributed by atoms with Gasteiger partial charge in [-0.25, -0.2) is 0 Å². The fourth-order valence-electron chi connectivity index (χ4n) is 4.71. The fourth-order valence-corrected chi connectivity index (χ4v) is 4.71. The highest BCUT2D eigenvalue weighted by atomic mass is 16.5. The largest absolute Gasteiger partial charge is 0.504 e. The summed E-state index contributed by atoms with van der Waals surface area (Å²) >= 11 is 0. The lowest BCUT2D eigenvalue weighted by Gasteiger charge is -2.46. The second-order valence-electron chi connectivity index (χ2n) is 8.13. The summed E-state index contributed by atoms with van der Waals surface area (Å²) in [4.78, 5) is 36.8. The first-order chi connectivity index (χ1) is 12.2. The van der Waals surface area contributed by atoms with Crippen molar-refractivity contribution in [3.05, 3.63) is 22.8 Å². The van der Waals surface area contributed by atoms with Gasteiger partial charge in [-0.2, -0.15) is 0 Å². The summed E-state index contributed by atoms with van der Waals surface area (Å²) in [6, 6.07) is 1.50. The number of esters is 1. The molecule has 0 amide bonds. The topological polar surface area (TPSA) is 101 Å². The Labute approximate surface area is 152 Å². The number of carbonyl (C=O) groups is 3. The number of aromatic hydroxyl groups is 1. The Balaban J connectivity index is 2.32. The van der Waals surface area contributed by atoms with E-state index in [2.05, 4.69) is 0 Å². The normalized spacial score (nSPS) is 27.7. The summed E-state index contributed by atoms with van der Waals surface area (Å²) in [7, 11) is 0. The van der Waals surface area contributed by atoms with Crippen molar-refractivity contribution in [2.24, 2.45) is 11.3 Å². The number of aliphatic hydroxyl groups is 1.